The van der Waals surface area contributed by atoms with Gasteiger partial charge in [0.05, 0.1) is 18.1 Å². The number of amides is 2. The maximum absolute atomic E-state index is 11.8. The quantitative estimate of drug-likeness (QED) is 0.773. The number of carbonyl (C=O) groups excluding carboxylic acids is 1. The minimum Gasteiger partial charge on any atom is -0.347 e. The van der Waals surface area contributed by atoms with E-state index in [0.717, 1.165) is 25.7 Å². The molecule has 0 unspecified atom stereocenters. The molecule has 2 aliphatic heterocycles. The van der Waals surface area contributed by atoms with Crippen LogP contribution in [-0.4, -0.2) is 57.0 Å². The maximum Gasteiger partial charge on any atom is 0.315 e. The number of hydrogen-bond acceptors (Lipinski definition) is 5. The maximum atomic E-state index is 11.8. The molecular weight excluding hydrogens is 296 g/mol. The Morgan fingerprint density at radius 3 is 2.71 bits per heavy atom. The topological polar surface area (TPSA) is 93.7 Å². The van der Waals surface area contributed by atoms with Crippen molar-refractivity contribution in [2.45, 2.75) is 50.0 Å². The molecule has 2 saturated heterocycles. The lowest BCUT2D eigenvalue weighted by Crippen LogP contribution is -2.45. The van der Waals surface area contributed by atoms with Crippen LogP contribution in [0.15, 0.2) is 0 Å². The molecule has 1 spiro atoms. The first-order valence-corrected chi connectivity index (χ1v) is 9.35. The number of hydrogen-bond donors (Lipinski definition) is 2. The van der Waals surface area contributed by atoms with Crippen LogP contribution >= 0.6 is 0 Å². The minimum absolute atomic E-state index is 0.0343. The first-order valence-electron chi connectivity index (χ1n) is 7.53. The van der Waals surface area contributed by atoms with Gasteiger partial charge in [0.2, 0.25) is 0 Å². The minimum atomic E-state index is -2.97. The molecule has 0 bridgehead atoms. The van der Waals surface area contributed by atoms with E-state index < -0.39 is 15.6 Å². The van der Waals surface area contributed by atoms with E-state index in [9.17, 15) is 13.2 Å². The number of ether oxygens (including phenoxy) is 2. The molecular formula is C13H22N2O5S. The summed E-state index contributed by atoms with van der Waals surface area (Å²) in [6, 6.07) is -0.620. The average molecular weight is 318 g/mol. The molecule has 0 aromatic rings. The first kappa shape index (κ1) is 15.1. The molecule has 2 amide bonds. The second-order valence-electron chi connectivity index (χ2n) is 6.12. The van der Waals surface area contributed by atoms with Crippen molar-refractivity contribution in [1.29, 1.82) is 0 Å². The summed E-state index contributed by atoms with van der Waals surface area (Å²) in [6.45, 7) is 0.880. The lowest BCUT2D eigenvalue weighted by molar-refractivity contribution is -0.160. The molecule has 120 valence electrons. The van der Waals surface area contributed by atoms with Crippen LogP contribution in [0.3, 0.4) is 0 Å². The molecule has 1 aliphatic carbocycles. The summed E-state index contributed by atoms with van der Waals surface area (Å²) in [6.07, 6.45) is 4.46. The smallest absolute Gasteiger partial charge is 0.315 e. The van der Waals surface area contributed by atoms with Crippen molar-refractivity contribution in [2.75, 3.05) is 24.7 Å². The highest BCUT2D eigenvalue weighted by Crippen LogP contribution is 2.38. The molecule has 0 radical (unpaired) electrons. The summed E-state index contributed by atoms with van der Waals surface area (Å²) in [7, 11) is -2.97. The Morgan fingerprint density at radius 2 is 2.05 bits per heavy atom. The van der Waals surface area contributed by atoms with Gasteiger partial charge in [-0.25, -0.2) is 13.2 Å². The third kappa shape index (κ3) is 3.67. The molecule has 3 aliphatic rings. The van der Waals surface area contributed by atoms with Gasteiger partial charge in [-0.3, -0.25) is 0 Å². The number of sulfone groups is 1. The van der Waals surface area contributed by atoms with Gasteiger partial charge < -0.3 is 20.1 Å². The van der Waals surface area contributed by atoms with E-state index in [2.05, 4.69) is 10.6 Å². The SMILES string of the molecule is O=C(NC[C@H]1COC2(CCCC2)O1)N[C@@H]1CCS(=O)(=O)C1. The Balaban J connectivity index is 1.39. The van der Waals surface area contributed by atoms with E-state index in [4.69, 9.17) is 9.47 Å². The van der Waals surface area contributed by atoms with Crippen LogP contribution in [-0.2, 0) is 19.3 Å². The Labute approximate surface area is 124 Å². The zero-order valence-electron chi connectivity index (χ0n) is 12.0. The normalized spacial score (nSPS) is 33.3. The van der Waals surface area contributed by atoms with Gasteiger partial charge in [-0.1, -0.05) is 0 Å². The standard InChI is InChI=1S/C13H22N2O5S/c16-12(15-10-3-6-21(17,18)9-10)14-7-11-8-19-13(20-11)4-1-2-5-13/h10-11H,1-9H2,(H2,14,15,16)/t10-,11+/m1/s1. The molecule has 2 heterocycles. The Morgan fingerprint density at radius 1 is 1.29 bits per heavy atom. The zero-order chi connectivity index (χ0) is 14.9. The number of urea groups is 1. The van der Waals surface area contributed by atoms with E-state index in [-0.39, 0.29) is 29.7 Å². The highest BCUT2D eigenvalue weighted by atomic mass is 32.2. The molecule has 2 N–H and O–H groups in total. The summed E-state index contributed by atoms with van der Waals surface area (Å²) >= 11 is 0. The largest absolute Gasteiger partial charge is 0.347 e. The van der Waals surface area contributed by atoms with Crippen LogP contribution in [0.5, 0.6) is 0 Å². The van der Waals surface area contributed by atoms with E-state index in [0.29, 0.717) is 19.6 Å². The monoisotopic (exact) mass is 318 g/mol. The van der Waals surface area contributed by atoms with Gasteiger partial charge in [0.25, 0.3) is 0 Å². The van der Waals surface area contributed by atoms with Crippen LogP contribution < -0.4 is 10.6 Å². The van der Waals surface area contributed by atoms with Crippen molar-refractivity contribution < 1.29 is 22.7 Å². The predicted octanol–water partition coefficient (Wildman–Crippen LogP) is 0.158. The first-order chi connectivity index (χ1) is 9.96. The van der Waals surface area contributed by atoms with Gasteiger partial charge in [0.15, 0.2) is 15.6 Å². The van der Waals surface area contributed by atoms with Crippen LogP contribution in [0.1, 0.15) is 32.1 Å². The molecule has 8 heteroatoms. The van der Waals surface area contributed by atoms with Gasteiger partial charge in [-0.2, -0.15) is 0 Å². The Hall–Kier alpha value is -0.860. The van der Waals surface area contributed by atoms with Gasteiger partial charge in [-0.15, -0.1) is 0 Å². The predicted molar refractivity (Wildman–Crippen MR) is 75.6 cm³/mol. The fourth-order valence-corrected chi connectivity index (χ4v) is 4.92. The summed E-state index contributed by atoms with van der Waals surface area (Å²) in [5.41, 5.74) is 0. The van der Waals surface area contributed by atoms with Crippen LogP contribution in [0.25, 0.3) is 0 Å². The highest BCUT2D eigenvalue weighted by Gasteiger charge is 2.43. The molecule has 1 saturated carbocycles. The third-order valence-electron chi connectivity index (χ3n) is 4.34. The van der Waals surface area contributed by atoms with E-state index >= 15 is 0 Å². The van der Waals surface area contributed by atoms with Gasteiger partial charge in [0, 0.05) is 25.4 Å². The summed E-state index contributed by atoms with van der Waals surface area (Å²) in [4.78, 5) is 11.8. The summed E-state index contributed by atoms with van der Waals surface area (Å²) in [5, 5.41) is 5.43. The molecule has 3 rings (SSSR count). The average Bonchev–Trinajstić information content (AvgIpc) is 3.11. The van der Waals surface area contributed by atoms with Crippen molar-refractivity contribution in [3.05, 3.63) is 0 Å². The molecule has 0 aromatic carbocycles. The third-order valence-corrected chi connectivity index (χ3v) is 6.10. The molecule has 21 heavy (non-hydrogen) atoms. The van der Waals surface area contributed by atoms with Crippen LogP contribution in [0, 0.1) is 0 Å². The van der Waals surface area contributed by atoms with Crippen molar-refractivity contribution >= 4 is 15.9 Å². The second kappa shape index (κ2) is 5.73. The van der Waals surface area contributed by atoms with E-state index in [1.54, 1.807) is 0 Å². The van der Waals surface area contributed by atoms with Gasteiger partial charge in [0.1, 0.15) is 6.10 Å². The zero-order valence-corrected chi connectivity index (χ0v) is 12.8. The molecule has 0 aromatic heterocycles. The van der Waals surface area contributed by atoms with Crippen LogP contribution in [0.4, 0.5) is 4.79 Å². The van der Waals surface area contributed by atoms with Crippen molar-refractivity contribution in [3.63, 3.8) is 0 Å². The lowest BCUT2D eigenvalue weighted by Gasteiger charge is -2.22. The summed E-state index contributed by atoms with van der Waals surface area (Å²) in [5.74, 6) is -0.227. The molecule has 7 nitrogen and oxygen atoms in total. The molecule has 3 fully saturated rings. The van der Waals surface area contributed by atoms with Crippen LogP contribution in [0.2, 0.25) is 0 Å². The van der Waals surface area contributed by atoms with E-state index in [1.807, 2.05) is 0 Å². The lowest BCUT2D eigenvalue weighted by atomic mass is 10.2. The van der Waals surface area contributed by atoms with Gasteiger partial charge >= 0.3 is 6.03 Å². The Kier molecular flexibility index (Phi) is 4.11. The van der Waals surface area contributed by atoms with E-state index in [1.165, 1.54) is 0 Å². The second-order valence-corrected chi connectivity index (χ2v) is 8.35. The number of carbonyl (C=O) groups is 1. The highest BCUT2D eigenvalue weighted by molar-refractivity contribution is 7.91. The fourth-order valence-electron chi connectivity index (χ4n) is 3.24. The van der Waals surface area contributed by atoms with Crippen molar-refractivity contribution in [1.82, 2.24) is 10.6 Å². The summed E-state index contributed by atoms with van der Waals surface area (Å²) < 4.78 is 34.3. The fraction of sp³-hybridized carbons (Fsp3) is 0.923. The molecule has 2 atom stereocenters. The van der Waals surface area contributed by atoms with Gasteiger partial charge in [-0.05, 0) is 19.3 Å². The number of rotatable bonds is 3. The number of nitrogens with one attached hydrogen (secondary N) is 2. The van der Waals surface area contributed by atoms with Crippen molar-refractivity contribution in [2.24, 2.45) is 0 Å². The van der Waals surface area contributed by atoms with Crippen molar-refractivity contribution in [3.8, 4) is 0 Å². The Bertz CT molecular complexity index is 501.